The summed E-state index contributed by atoms with van der Waals surface area (Å²) in [4.78, 5) is 0. The molecule has 92 valence electrons. The monoisotopic (exact) mass is 280 g/mol. The van der Waals surface area contributed by atoms with Crippen LogP contribution in [0.4, 0.5) is 0 Å². The Morgan fingerprint density at radius 2 is 1.47 bits per heavy atom. The van der Waals surface area contributed by atoms with Crippen molar-refractivity contribution in [3.63, 3.8) is 0 Å². The van der Waals surface area contributed by atoms with Crippen LogP contribution in [0.15, 0.2) is 0 Å². The van der Waals surface area contributed by atoms with E-state index >= 15 is 0 Å². The van der Waals surface area contributed by atoms with Crippen molar-refractivity contribution in [3.05, 3.63) is 0 Å². The normalized spacial score (nSPS) is 13.0. The third-order valence-electron chi connectivity index (χ3n) is 2.82. The molecule has 0 aromatic carbocycles. The molecule has 0 saturated carbocycles. The van der Waals surface area contributed by atoms with Gasteiger partial charge in [-0.25, -0.2) is 0 Å². The summed E-state index contributed by atoms with van der Waals surface area (Å²) in [5, 5.41) is 0.567. The zero-order valence-electron chi connectivity index (χ0n) is 10.8. The number of rotatable bonds is 11. The molecular weight excluding hydrogens is 251 g/mol. The van der Waals surface area contributed by atoms with Crippen LogP contribution in [-0.2, 0) is 4.74 Å². The van der Waals surface area contributed by atoms with E-state index in [0.29, 0.717) is 20.0 Å². The van der Waals surface area contributed by atoms with Crippen LogP contribution < -0.4 is 0 Å². The summed E-state index contributed by atoms with van der Waals surface area (Å²) in [6, 6.07) is 0. The minimum absolute atomic E-state index is 0.567. The Morgan fingerprint density at radius 3 is 1.93 bits per heavy atom. The van der Waals surface area contributed by atoms with Gasteiger partial charge in [0.05, 0.1) is 0 Å². The van der Waals surface area contributed by atoms with Crippen molar-refractivity contribution in [1.29, 1.82) is 0 Å². The van der Waals surface area contributed by atoms with Crippen molar-refractivity contribution in [2.24, 2.45) is 0 Å². The molecule has 0 aromatic heterocycles. The van der Waals surface area contributed by atoms with E-state index in [9.17, 15) is 0 Å². The molecule has 0 fully saturated rings. The van der Waals surface area contributed by atoms with E-state index in [1.807, 2.05) is 7.11 Å². The summed E-state index contributed by atoms with van der Waals surface area (Å²) in [5.74, 6) is 2.27. The van der Waals surface area contributed by atoms with E-state index in [1.165, 1.54) is 57.8 Å². The predicted molar refractivity (Wildman–Crippen MR) is 69.6 cm³/mol. The Bertz CT molecular complexity index is 113. The molecule has 0 spiro atoms. The number of hydrogen-bond acceptors (Lipinski definition) is 1. The van der Waals surface area contributed by atoms with Crippen LogP contribution >= 0.6 is 0 Å². The third kappa shape index (κ3) is 10.8. The molecule has 0 saturated heterocycles. The van der Waals surface area contributed by atoms with Crippen molar-refractivity contribution in [1.82, 2.24) is 0 Å². The molecule has 0 aromatic rings. The van der Waals surface area contributed by atoms with E-state index in [2.05, 4.69) is 12.7 Å². The van der Waals surface area contributed by atoms with Crippen molar-refractivity contribution >= 4 is 15.0 Å². The first kappa shape index (κ1) is 15.5. The quantitative estimate of drug-likeness (QED) is 0.406. The van der Waals surface area contributed by atoms with Gasteiger partial charge in [0, 0.05) is 0 Å². The van der Waals surface area contributed by atoms with Gasteiger partial charge in [-0.3, -0.25) is 0 Å². The second-order valence-corrected chi connectivity index (χ2v) is 6.26. The van der Waals surface area contributed by atoms with Gasteiger partial charge in [-0.1, -0.05) is 0 Å². The van der Waals surface area contributed by atoms with Crippen LogP contribution in [0.1, 0.15) is 64.7 Å². The van der Waals surface area contributed by atoms with Gasteiger partial charge in [0.25, 0.3) is 0 Å². The number of unbranched alkanes of at least 4 members (excludes halogenated alkanes) is 7. The summed E-state index contributed by atoms with van der Waals surface area (Å²) in [6.45, 7) is 2.28. The van der Waals surface area contributed by atoms with Crippen molar-refractivity contribution in [2.75, 3.05) is 7.11 Å². The van der Waals surface area contributed by atoms with Gasteiger partial charge < -0.3 is 0 Å². The average Bonchev–Trinajstić information content (AvgIpc) is 2.27. The van der Waals surface area contributed by atoms with Gasteiger partial charge in [0.1, 0.15) is 0 Å². The topological polar surface area (TPSA) is 9.23 Å². The maximum absolute atomic E-state index is 5.39. The average molecular weight is 279 g/mol. The van der Waals surface area contributed by atoms with Crippen LogP contribution in [-0.4, -0.2) is 27.1 Å². The summed E-state index contributed by atoms with van der Waals surface area (Å²) in [6.07, 6.45) is 12.6. The molecule has 0 bridgehead atoms. The van der Waals surface area contributed by atoms with Gasteiger partial charge in [-0.2, -0.15) is 0 Å². The Morgan fingerprint density at radius 1 is 0.933 bits per heavy atom. The zero-order valence-corrected chi connectivity index (χ0v) is 12.5. The molecule has 0 heterocycles. The van der Waals surface area contributed by atoms with E-state index < -0.39 is 0 Å². The van der Waals surface area contributed by atoms with E-state index in [-0.39, 0.29) is 0 Å². The molecule has 0 rings (SSSR count). The Hall–Kier alpha value is 0.479. The van der Waals surface area contributed by atoms with Crippen molar-refractivity contribution in [3.8, 4) is 0 Å². The summed E-state index contributed by atoms with van der Waals surface area (Å²) in [5.41, 5.74) is 0. The second kappa shape index (κ2) is 12.5. The van der Waals surface area contributed by atoms with Crippen LogP contribution in [0.3, 0.4) is 0 Å². The van der Waals surface area contributed by atoms with Crippen molar-refractivity contribution < 1.29 is 4.74 Å². The molecule has 1 unspecified atom stereocenters. The fourth-order valence-electron chi connectivity index (χ4n) is 1.78. The number of ether oxygens (including phenoxy) is 1. The Labute approximate surface area is 103 Å². The van der Waals surface area contributed by atoms with Gasteiger partial charge in [-0.05, 0) is 0 Å². The van der Waals surface area contributed by atoms with Gasteiger partial charge in [0.2, 0.25) is 0 Å². The molecule has 1 atom stereocenters. The first-order valence-electron chi connectivity index (χ1n) is 6.40. The van der Waals surface area contributed by atoms with E-state index in [4.69, 9.17) is 4.74 Å². The summed E-state index contributed by atoms with van der Waals surface area (Å²) < 4.78 is 5.39. The maximum atomic E-state index is 5.39. The van der Waals surface area contributed by atoms with Crippen molar-refractivity contribution in [2.45, 2.75) is 75.5 Å². The SMILES string of the molecule is CCCCCCCCCCC(OC)[Se]C. The number of hydrogen-bond donors (Lipinski definition) is 0. The molecule has 0 aliphatic rings. The Balaban J connectivity index is 3.04. The first-order chi connectivity index (χ1) is 7.35. The molecule has 0 N–H and O–H groups in total. The van der Waals surface area contributed by atoms with Gasteiger partial charge >= 0.3 is 102 Å². The second-order valence-electron chi connectivity index (χ2n) is 4.16. The van der Waals surface area contributed by atoms with Crippen LogP contribution in [0, 0.1) is 0 Å². The predicted octanol–water partition coefficient (Wildman–Crippen LogP) is 4.24. The summed E-state index contributed by atoms with van der Waals surface area (Å²) in [7, 11) is 1.85. The summed E-state index contributed by atoms with van der Waals surface area (Å²) >= 11 is 0.663. The van der Waals surface area contributed by atoms with Crippen LogP contribution in [0.25, 0.3) is 0 Å². The number of methoxy groups -OCH3 is 1. The molecule has 2 heteroatoms. The van der Waals surface area contributed by atoms with Gasteiger partial charge in [-0.15, -0.1) is 0 Å². The third-order valence-corrected chi connectivity index (χ3v) is 4.82. The fraction of sp³-hybridized carbons (Fsp3) is 1.00. The van der Waals surface area contributed by atoms with E-state index in [1.54, 1.807) is 0 Å². The van der Waals surface area contributed by atoms with Crippen LogP contribution in [0.5, 0.6) is 0 Å². The van der Waals surface area contributed by atoms with E-state index in [0.717, 1.165) is 0 Å². The molecule has 1 nitrogen and oxygen atoms in total. The first-order valence-corrected chi connectivity index (χ1v) is 9.11. The molecule has 15 heavy (non-hydrogen) atoms. The zero-order chi connectivity index (χ0) is 11.4. The standard InChI is InChI=1S/C13H28OSe/c1-4-5-6-7-8-9-10-11-12-13(14-2)15-3/h13H,4-12H2,1-3H3. The molecule has 0 aliphatic heterocycles. The van der Waals surface area contributed by atoms with Gasteiger partial charge in [0.15, 0.2) is 0 Å². The molecule has 0 aliphatic carbocycles. The Kier molecular flexibility index (Phi) is 12.9. The minimum atomic E-state index is 0.567. The fourth-order valence-corrected chi connectivity index (χ4v) is 3.02. The van der Waals surface area contributed by atoms with Crippen LogP contribution in [0.2, 0.25) is 5.82 Å². The molecule has 0 radical (unpaired) electrons. The molecular formula is C13H28OSe. The molecule has 0 amide bonds.